The van der Waals surface area contributed by atoms with Crippen LogP contribution in [0.4, 0.5) is 5.13 Å². The number of carbonyl (C=O) groups excluding carboxylic acids is 1. The largest absolute Gasteiger partial charge is 0.497 e. The number of nitrogens with two attached hydrogens (primary N) is 1. The zero-order chi connectivity index (χ0) is 14.8. The number of aromatic nitrogens is 1. The van der Waals surface area contributed by atoms with Crippen LogP contribution >= 0.6 is 11.3 Å². The van der Waals surface area contributed by atoms with E-state index in [2.05, 4.69) is 4.98 Å². The highest BCUT2D eigenvalue weighted by atomic mass is 32.1. The minimum Gasteiger partial charge on any atom is -0.497 e. The number of fused-ring (bicyclic) bond motifs is 1. The molecule has 0 saturated carbocycles. The SMILES string of the molecule is COc1ccc(CC(=O)N2CCc3nc(N)sc3C2)cc1. The molecule has 2 aromatic rings. The molecule has 0 radical (unpaired) electrons. The Morgan fingerprint density at radius 1 is 1.43 bits per heavy atom. The van der Waals surface area contributed by atoms with Crippen molar-refractivity contribution < 1.29 is 9.53 Å². The molecule has 2 N–H and O–H groups in total. The van der Waals surface area contributed by atoms with Crippen LogP contribution in [0, 0.1) is 0 Å². The highest BCUT2D eigenvalue weighted by Crippen LogP contribution is 2.26. The number of anilines is 1. The quantitative estimate of drug-likeness (QED) is 0.940. The normalized spacial score (nSPS) is 13.9. The molecular formula is C15H17N3O2S. The van der Waals surface area contributed by atoms with Crippen LogP contribution in [-0.2, 0) is 24.2 Å². The van der Waals surface area contributed by atoms with E-state index in [-0.39, 0.29) is 5.91 Å². The Balaban J connectivity index is 1.66. The maximum absolute atomic E-state index is 12.4. The monoisotopic (exact) mass is 303 g/mol. The number of carbonyl (C=O) groups is 1. The fraction of sp³-hybridized carbons (Fsp3) is 0.333. The lowest BCUT2D eigenvalue weighted by Gasteiger charge is -2.26. The summed E-state index contributed by atoms with van der Waals surface area (Å²) in [7, 11) is 1.63. The maximum atomic E-state index is 12.4. The van der Waals surface area contributed by atoms with Gasteiger partial charge in [0.2, 0.25) is 5.91 Å². The van der Waals surface area contributed by atoms with E-state index in [0.29, 0.717) is 24.6 Å². The highest BCUT2D eigenvalue weighted by molar-refractivity contribution is 7.15. The van der Waals surface area contributed by atoms with E-state index in [9.17, 15) is 4.79 Å². The van der Waals surface area contributed by atoms with Crippen molar-refractivity contribution in [2.24, 2.45) is 0 Å². The molecule has 0 unspecified atom stereocenters. The molecule has 0 saturated heterocycles. The predicted octanol–water partition coefficient (Wildman–Crippen LogP) is 1.86. The summed E-state index contributed by atoms with van der Waals surface area (Å²) >= 11 is 1.48. The Bertz CT molecular complexity index is 651. The molecule has 0 spiro atoms. The lowest BCUT2D eigenvalue weighted by Crippen LogP contribution is -2.36. The molecule has 0 fully saturated rings. The predicted molar refractivity (Wildman–Crippen MR) is 82.3 cm³/mol. The number of hydrogen-bond acceptors (Lipinski definition) is 5. The van der Waals surface area contributed by atoms with Crippen molar-refractivity contribution in [3.8, 4) is 5.75 Å². The van der Waals surface area contributed by atoms with Crippen molar-refractivity contribution >= 4 is 22.4 Å². The van der Waals surface area contributed by atoms with Gasteiger partial charge in [0, 0.05) is 17.8 Å². The van der Waals surface area contributed by atoms with E-state index < -0.39 is 0 Å². The zero-order valence-corrected chi connectivity index (χ0v) is 12.7. The first kappa shape index (κ1) is 13.9. The van der Waals surface area contributed by atoms with Crippen molar-refractivity contribution in [3.63, 3.8) is 0 Å². The fourth-order valence-corrected chi connectivity index (χ4v) is 3.35. The number of nitrogens with zero attached hydrogens (tertiary/aromatic N) is 2. The van der Waals surface area contributed by atoms with Crippen LogP contribution in [0.2, 0.25) is 0 Å². The smallest absolute Gasteiger partial charge is 0.227 e. The molecule has 110 valence electrons. The van der Waals surface area contributed by atoms with Crippen LogP contribution in [0.1, 0.15) is 16.1 Å². The standard InChI is InChI=1S/C15H17N3O2S/c1-20-11-4-2-10(3-5-11)8-14(19)18-7-6-12-13(9-18)21-15(16)17-12/h2-5H,6-9H2,1H3,(H2,16,17). The van der Waals surface area contributed by atoms with Crippen LogP contribution in [0.25, 0.3) is 0 Å². The first-order valence-electron chi connectivity index (χ1n) is 6.80. The van der Waals surface area contributed by atoms with Crippen LogP contribution in [0.15, 0.2) is 24.3 Å². The van der Waals surface area contributed by atoms with Gasteiger partial charge in [0.05, 0.1) is 25.8 Å². The van der Waals surface area contributed by atoms with Gasteiger partial charge in [0.1, 0.15) is 5.75 Å². The summed E-state index contributed by atoms with van der Waals surface area (Å²) in [5.74, 6) is 0.937. The van der Waals surface area contributed by atoms with Gasteiger partial charge in [-0.15, -0.1) is 11.3 Å². The summed E-state index contributed by atoms with van der Waals surface area (Å²) in [6.45, 7) is 1.34. The highest BCUT2D eigenvalue weighted by Gasteiger charge is 2.23. The minimum atomic E-state index is 0.137. The van der Waals surface area contributed by atoms with Gasteiger partial charge in [-0.05, 0) is 17.7 Å². The second kappa shape index (κ2) is 5.73. The van der Waals surface area contributed by atoms with Crippen LogP contribution in [0.5, 0.6) is 5.75 Å². The van der Waals surface area contributed by atoms with Crippen LogP contribution in [0.3, 0.4) is 0 Å². The van der Waals surface area contributed by atoms with Crippen molar-refractivity contribution in [2.45, 2.75) is 19.4 Å². The molecule has 0 aliphatic carbocycles. The van der Waals surface area contributed by atoms with E-state index in [4.69, 9.17) is 10.5 Å². The molecule has 1 aliphatic rings. The Kier molecular flexibility index (Phi) is 3.79. The van der Waals surface area contributed by atoms with Gasteiger partial charge >= 0.3 is 0 Å². The molecule has 1 aromatic carbocycles. The second-order valence-electron chi connectivity index (χ2n) is 5.01. The summed E-state index contributed by atoms with van der Waals surface area (Å²) in [6, 6.07) is 7.61. The third-order valence-electron chi connectivity index (χ3n) is 3.61. The number of amides is 1. The second-order valence-corrected chi connectivity index (χ2v) is 6.13. The topological polar surface area (TPSA) is 68.5 Å². The van der Waals surface area contributed by atoms with Gasteiger partial charge in [0.15, 0.2) is 5.13 Å². The number of thiazole rings is 1. The Hall–Kier alpha value is -2.08. The van der Waals surface area contributed by atoms with Crippen molar-refractivity contribution in [1.29, 1.82) is 0 Å². The van der Waals surface area contributed by atoms with E-state index in [1.807, 2.05) is 29.2 Å². The molecule has 21 heavy (non-hydrogen) atoms. The number of benzene rings is 1. The molecule has 1 amide bonds. The van der Waals surface area contributed by atoms with Crippen molar-refractivity contribution in [1.82, 2.24) is 9.88 Å². The summed E-state index contributed by atoms with van der Waals surface area (Å²) in [5.41, 5.74) is 7.77. The first-order valence-corrected chi connectivity index (χ1v) is 7.62. The minimum absolute atomic E-state index is 0.137. The average Bonchev–Trinajstić information content (AvgIpc) is 2.87. The fourth-order valence-electron chi connectivity index (χ4n) is 2.46. The van der Waals surface area contributed by atoms with Gasteiger partial charge in [-0.25, -0.2) is 4.98 Å². The number of methoxy groups -OCH3 is 1. The summed E-state index contributed by atoms with van der Waals surface area (Å²) < 4.78 is 5.12. The Labute approximate surface area is 127 Å². The first-order chi connectivity index (χ1) is 10.2. The van der Waals surface area contributed by atoms with Crippen LogP contribution in [-0.4, -0.2) is 29.4 Å². The number of ether oxygens (including phenoxy) is 1. The summed E-state index contributed by atoms with van der Waals surface area (Å²) in [6.07, 6.45) is 1.20. The third kappa shape index (κ3) is 3.00. The van der Waals surface area contributed by atoms with Gasteiger partial charge in [-0.3, -0.25) is 4.79 Å². The molecule has 1 aromatic heterocycles. The molecule has 0 bridgehead atoms. The lowest BCUT2D eigenvalue weighted by atomic mass is 10.1. The lowest BCUT2D eigenvalue weighted by molar-refractivity contribution is -0.131. The summed E-state index contributed by atoms with van der Waals surface area (Å²) in [4.78, 5) is 19.7. The van der Waals surface area contributed by atoms with Gasteiger partial charge in [-0.1, -0.05) is 12.1 Å². The van der Waals surface area contributed by atoms with Crippen molar-refractivity contribution in [2.75, 3.05) is 19.4 Å². The number of hydrogen-bond donors (Lipinski definition) is 1. The van der Waals surface area contributed by atoms with E-state index >= 15 is 0 Å². The van der Waals surface area contributed by atoms with E-state index in [0.717, 1.165) is 28.3 Å². The molecule has 2 heterocycles. The zero-order valence-electron chi connectivity index (χ0n) is 11.8. The van der Waals surface area contributed by atoms with Gasteiger partial charge < -0.3 is 15.4 Å². The molecule has 6 heteroatoms. The molecular weight excluding hydrogens is 286 g/mol. The average molecular weight is 303 g/mol. The van der Waals surface area contributed by atoms with E-state index in [1.54, 1.807) is 7.11 Å². The van der Waals surface area contributed by atoms with Crippen molar-refractivity contribution in [3.05, 3.63) is 40.4 Å². The van der Waals surface area contributed by atoms with Gasteiger partial charge in [0.25, 0.3) is 0 Å². The number of nitrogen functional groups attached to an aromatic ring is 1. The third-order valence-corrected chi connectivity index (χ3v) is 4.53. The Morgan fingerprint density at radius 2 is 2.19 bits per heavy atom. The van der Waals surface area contributed by atoms with Crippen LogP contribution < -0.4 is 10.5 Å². The maximum Gasteiger partial charge on any atom is 0.227 e. The molecule has 3 rings (SSSR count). The molecule has 0 atom stereocenters. The summed E-state index contributed by atoms with van der Waals surface area (Å²) in [5, 5.41) is 0.587. The molecule has 5 nitrogen and oxygen atoms in total. The Morgan fingerprint density at radius 3 is 2.90 bits per heavy atom. The van der Waals surface area contributed by atoms with E-state index in [1.165, 1.54) is 11.3 Å². The van der Waals surface area contributed by atoms with Gasteiger partial charge in [-0.2, -0.15) is 0 Å². The molecule has 1 aliphatic heterocycles. The number of rotatable bonds is 3.